The van der Waals surface area contributed by atoms with Crippen molar-refractivity contribution in [3.05, 3.63) is 62.0 Å². The Morgan fingerprint density at radius 3 is 2.51 bits per heavy atom. The van der Waals surface area contributed by atoms with Crippen LogP contribution in [0.4, 0.5) is 0 Å². The molecule has 0 spiro atoms. The van der Waals surface area contributed by atoms with Crippen LogP contribution < -0.4 is 4.74 Å². The molecule has 0 saturated carbocycles. The maximum atomic E-state index is 12.8. The summed E-state index contributed by atoms with van der Waals surface area (Å²) in [5.41, 5.74) is 0.906. The lowest BCUT2D eigenvalue weighted by Crippen LogP contribution is -2.49. The molecule has 0 bridgehead atoms. The van der Waals surface area contributed by atoms with Gasteiger partial charge in [-0.25, -0.2) is 0 Å². The number of rotatable bonds is 7. The Morgan fingerprint density at radius 2 is 1.82 bits per heavy atom. The van der Waals surface area contributed by atoms with Crippen LogP contribution in [0.3, 0.4) is 0 Å². The second-order valence-corrected chi connectivity index (χ2v) is 12.6. The van der Waals surface area contributed by atoms with Gasteiger partial charge in [-0.2, -0.15) is 4.99 Å². The van der Waals surface area contributed by atoms with Crippen LogP contribution in [0.25, 0.3) is 12.2 Å². The van der Waals surface area contributed by atoms with Crippen LogP contribution in [0, 0.1) is 0 Å². The first-order valence-corrected chi connectivity index (χ1v) is 15.3. The van der Waals surface area contributed by atoms with Crippen molar-refractivity contribution in [2.24, 2.45) is 4.99 Å². The van der Waals surface area contributed by atoms with Gasteiger partial charge in [0.15, 0.2) is 5.17 Å². The standard InChI is InChI=1S/C27H26N4O4S4/c1-35-19-8-6-18(7-9-19)16-21-24(33)28-26(38-21)30-13-11-29(12-14-30)23(32)5-2-10-31-25(34)22(39-27(31)36)17-20-4-3-15-37-20/h3-4,6-9,15-17H,2,5,10-14H2,1H3/b21-16-,22-17-. The topological polar surface area (TPSA) is 82.5 Å². The summed E-state index contributed by atoms with van der Waals surface area (Å²) in [5, 5.41) is 2.65. The molecule has 3 aliphatic heterocycles. The summed E-state index contributed by atoms with van der Waals surface area (Å²) >= 11 is 9.65. The monoisotopic (exact) mass is 598 g/mol. The highest BCUT2D eigenvalue weighted by molar-refractivity contribution is 8.26. The minimum atomic E-state index is -0.245. The number of methoxy groups -OCH3 is 1. The fourth-order valence-electron chi connectivity index (χ4n) is 4.27. The Bertz CT molecular complexity index is 1360. The van der Waals surface area contributed by atoms with E-state index >= 15 is 0 Å². The molecule has 0 atom stereocenters. The SMILES string of the molecule is COc1ccc(/C=C2\SC(N3CCN(C(=O)CCCN4C(=O)/C(=C/c5cccs5)SC4=S)CC3)=NC2=O)cc1. The van der Waals surface area contributed by atoms with E-state index in [1.165, 1.54) is 23.5 Å². The normalized spacial score (nSPS) is 20.0. The van der Waals surface area contributed by atoms with Gasteiger partial charge in [0.25, 0.3) is 11.8 Å². The van der Waals surface area contributed by atoms with Crippen LogP contribution in [0.15, 0.2) is 56.6 Å². The zero-order valence-electron chi connectivity index (χ0n) is 21.2. The number of amides is 3. The molecule has 5 rings (SSSR count). The van der Waals surface area contributed by atoms with E-state index < -0.39 is 0 Å². The van der Waals surface area contributed by atoms with Gasteiger partial charge < -0.3 is 14.5 Å². The number of nitrogens with zero attached hydrogens (tertiary/aromatic N) is 4. The average Bonchev–Trinajstić information content (AvgIpc) is 3.66. The molecule has 12 heteroatoms. The van der Waals surface area contributed by atoms with Crippen molar-refractivity contribution in [3.63, 3.8) is 0 Å². The number of ether oxygens (including phenoxy) is 1. The van der Waals surface area contributed by atoms with Crippen molar-refractivity contribution in [2.45, 2.75) is 12.8 Å². The van der Waals surface area contributed by atoms with E-state index in [0.717, 1.165) is 16.2 Å². The highest BCUT2D eigenvalue weighted by Crippen LogP contribution is 2.34. The van der Waals surface area contributed by atoms with E-state index in [-0.39, 0.29) is 17.7 Å². The number of benzene rings is 1. The van der Waals surface area contributed by atoms with E-state index in [0.29, 0.717) is 64.9 Å². The quantitative estimate of drug-likeness (QED) is 0.339. The van der Waals surface area contributed by atoms with Gasteiger partial charge in [0.05, 0.1) is 16.9 Å². The van der Waals surface area contributed by atoms with Crippen molar-refractivity contribution in [1.82, 2.24) is 14.7 Å². The Balaban J connectivity index is 1.07. The van der Waals surface area contributed by atoms with Crippen molar-refractivity contribution in [3.8, 4) is 5.75 Å². The Morgan fingerprint density at radius 1 is 1.05 bits per heavy atom. The number of piperazine rings is 1. The lowest BCUT2D eigenvalue weighted by Gasteiger charge is -2.35. The molecule has 0 aliphatic carbocycles. The van der Waals surface area contributed by atoms with Gasteiger partial charge in [0.2, 0.25) is 5.91 Å². The third kappa shape index (κ3) is 6.63. The van der Waals surface area contributed by atoms with Crippen LogP contribution in [0.1, 0.15) is 23.3 Å². The van der Waals surface area contributed by atoms with Crippen LogP contribution in [-0.2, 0) is 14.4 Å². The van der Waals surface area contributed by atoms with Crippen molar-refractivity contribution in [1.29, 1.82) is 0 Å². The predicted octanol–water partition coefficient (Wildman–Crippen LogP) is 4.55. The number of hydrogen-bond donors (Lipinski definition) is 0. The van der Waals surface area contributed by atoms with Gasteiger partial charge in [-0.1, -0.05) is 42.2 Å². The number of thioether (sulfide) groups is 2. The first-order chi connectivity index (χ1) is 18.9. The first kappa shape index (κ1) is 27.6. The van der Waals surface area contributed by atoms with Gasteiger partial charge in [-0.3, -0.25) is 19.3 Å². The highest BCUT2D eigenvalue weighted by Gasteiger charge is 2.33. The third-order valence-electron chi connectivity index (χ3n) is 6.39. The second-order valence-electron chi connectivity index (χ2n) is 8.90. The van der Waals surface area contributed by atoms with Crippen LogP contribution in [0.5, 0.6) is 5.75 Å². The van der Waals surface area contributed by atoms with Crippen LogP contribution in [-0.4, -0.2) is 81.7 Å². The van der Waals surface area contributed by atoms with Gasteiger partial charge in [-0.15, -0.1) is 11.3 Å². The molecular formula is C27H26N4O4S4. The van der Waals surface area contributed by atoms with E-state index in [4.69, 9.17) is 17.0 Å². The molecule has 0 unspecified atom stereocenters. The molecule has 3 aliphatic rings. The van der Waals surface area contributed by atoms with Gasteiger partial charge >= 0.3 is 0 Å². The molecule has 0 N–H and O–H groups in total. The number of amidine groups is 1. The molecule has 202 valence electrons. The minimum absolute atomic E-state index is 0.0615. The minimum Gasteiger partial charge on any atom is -0.497 e. The second kappa shape index (κ2) is 12.5. The van der Waals surface area contributed by atoms with E-state index in [1.54, 1.807) is 23.3 Å². The first-order valence-electron chi connectivity index (χ1n) is 12.4. The molecule has 2 saturated heterocycles. The molecular weight excluding hydrogens is 573 g/mol. The average molecular weight is 599 g/mol. The summed E-state index contributed by atoms with van der Waals surface area (Å²) in [4.78, 5) is 50.0. The maximum Gasteiger partial charge on any atom is 0.286 e. The fraction of sp³-hybridized carbons (Fsp3) is 0.296. The molecule has 3 amide bonds. The molecule has 39 heavy (non-hydrogen) atoms. The molecule has 2 fully saturated rings. The molecule has 1 aromatic carbocycles. The number of thiophene rings is 1. The summed E-state index contributed by atoms with van der Waals surface area (Å²) in [5.74, 6) is 0.482. The molecule has 0 radical (unpaired) electrons. The molecule has 8 nitrogen and oxygen atoms in total. The van der Waals surface area contributed by atoms with Crippen molar-refractivity contribution >= 4 is 86.4 Å². The largest absolute Gasteiger partial charge is 0.497 e. The van der Waals surface area contributed by atoms with E-state index in [2.05, 4.69) is 9.89 Å². The Labute approximate surface area is 244 Å². The Hall–Kier alpha value is -2.93. The fourth-order valence-corrected chi connectivity index (χ4v) is 7.27. The number of hydrogen-bond acceptors (Lipinski definition) is 9. The molecule has 4 heterocycles. The van der Waals surface area contributed by atoms with Gasteiger partial charge in [0.1, 0.15) is 10.1 Å². The number of carbonyl (C=O) groups excluding carboxylic acids is 3. The summed E-state index contributed by atoms with van der Waals surface area (Å²) < 4.78 is 5.72. The van der Waals surface area contributed by atoms with Gasteiger partial charge in [-0.05, 0) is 59.5 Å². The lowest BCUT2D eigenvalue weighted by atomic mass is 10.2. The zero-order valence-corrected chi connectivity index (χ0v) is 24.5. The number of aliphatic imine (C=N–C) groups is 1. The third-order valence-corrected chi connectivity index (χ3v) is 9.63. The lowest BCUT2D eigenvalue weighted by molar-refractivity contribution is -0.133. The predicted molar refractivity (Wildman–Crippen MR) is 163 cm³/mol. The van der Waals surface area contributed by atoms with E-state index in [1.807, 2.05) is 58.8 Å². The van der Waals surface area contributed by atoms with Crippen LogP contribution in [0.2, 0.25) is 0 Å². The number of thiocarbonyl (C=S) groups is 1. The number of carbonyl (C=O) groups is 3. The molecule has 1 aromatic heterocycles. The van der Waals surface area contributed by atoms with E-state index in [9.17, 15) is 14.4 Å². The van der Waals surface area contributed by atoms with Gasteiger partial charge in [0, 0.05) is 44.0 Å². The smallest absolute Gasteiger partial charge is 0.286 e. The summed E-state index contributed by atoms with van der Waals surface area (Å²) in [6.07, 6.45) is 4.60. The summed E-state index contributed by atoms with van der Waals surface area (Å²) in [6, 6.07) is 11.4. The Kier molecular flexibility index (Phi) is 8.85. The highest BCUT2D eigenvalue weighted by atomic mass is 32.2. The van der Waals surface area contributed by atoms with Crippen LogP contribution >= 0.6 is 47.1 Å². The van der Waals surface area contributed by atoms with Crippen molar-refractivity contribution in [2.75, 3.05) is 39.8 Å². The zero-order chi connectivity index (χ0) is 27.4. The molecule has 2 aromatic rings. The summed E-state index contributed by atoms with van der Waals surface area (Å²) in [7, 11) is 1.61. The maximum absolute atomic E-state index is 12.8. The van der Waals surface area contributed by atoms with Crippen molar-refractivity contribution < 1.29 is 19.1 Å². The summed E-state index contributed by atoms with van der Waals surface area (Å²) in [6.45, 7) is 2.78.